The Balaban J connectivity index is 0.00000396. The van der Waals surface area contributed by atoms with Crippen LogP contribution in [0.2, 0.25) is 0 Å². The van der Waals surface area contributed by atoms with Crippen molar-refractivity contribution >= 4 is 54.8 Å². The first kappa shape index (κ1) is 34.8. The number of hydrogen-bond acceptors (Lipinski definition) is 4. The van der Waals surface area contributed by atoms with E-state index >= 15 is 0 Å². The molecular formula is C50H33N5OPt. The van der Waals surface area contributed by atoms with Crippen molar-refractivity contribution in [3.05, 3.63) is 175 Å². The fourth-order valence-corrected chi connectivity index (χ4v) is 8.58. The summed E-state index contributed by atoms with van der Waals surface area (Å²) in [6, 6.07) is 53.3. The Hall–Kier alpha value is -6.62. The summed E-state index contributed by atoms with van der Waals surface area (Å²) < 4.78 is 11.1. The van der Waals surface area contributed by atoms with Crippen LogP contribution in [0.15, 0.2) is 146 Å². The van der Waals surface area contributed by atoms with Gasteiger partial charge in [0.05, 0.1) is 39.4 Å². The van der Waals surface area contributed by atoms with E-state index in [9.17, 15) is 0 Å². The number of nitrogens with zero attached hydrogens (tertiary/aromatic N) is 5. The molecule has 11 rings (SSSR count). The SMILES string of the molecule is Cc1cc(C)c(-c2cn3c4cccnc4c4ccc(Oc5[c-]c6c(cc5)c5ccccc5n5c(-c7ccccc7)c(-c7ccccc7)nc65)[c-]c4c3n2)c(C)c1.[Pt+2]. The van der Waals surface area contributed by atoms with Gasteiger partial charge in [-0.2, -0.15) is 0 Å². The first-order valence-electron chi connectivity index (χ1n) is 18.8. The molecule has 0 saturated carbocycles. The molecule has 7 heteroatoms. The van der Waals surface area contributed by atoms with Crippen LogP contribution in [-0.2, 0) is 21.1 Å². The Labute approximate surface area is 343 Å². The molecule has 0 aliphatic heterocycles. The average Bonchev–Trinajstić information content (AvgIpc) is 3.85. The number of hydrogen-bond donors (Lipinski definition) is 0. The van der Waals surface area contributed by atoms with Crippen molar-refractivity contribution in [1.82, 2.24) is 23.8 Å². The Kier molecular flexibility index (Phi) is 8.28. The van der Waals surface area contributed by atoms with E-state index in [0.29, 0.717) is 11.5 Å². The molecule has 0 saturated heterocycles. The third-order valence-corrected chi connectivity index (χ3v) is 10.9. The Bertz CT molecular complexity index is 3350. The van der Waals surface area contributed by atoms with Crippen molar-refractivity contribution in [2.45, 2.75) is 20.8 Å². The van der Waals surface area contributed by atoms with Crippen molar-refractivity contribution in [1.29, 1.82) is 0 Å². The van der Waals surface area contributed by atoms with Crippen LogP contribution in [0.3, 0.4) is 0 Å². The summed E-state index contributed by atoms with van der Waals surface area (Å²) in [6.07, 6.45) is 3.95. The second-order valence-electron chi connectivity index (χ2n) is 14.5. The van der Waals surface area contributed by atoms with Crippen molar-refractivity contribution in [3.63, 3.8) is 0 Å². The zero-order valence-electron chi connectivity index (χ0n) is 31.3. The van der Waals surface area contributed by atoms with E-state index in [2.05, 4.69) is 151 Å². The van der Waals surface area contributed by atoms with Gasteiger partial charge in [0.25, 0.3) is 0 Å². The van der Waals surface area contributed by atoms with E-state index in [0.717, 1.165) is 88.5 Å². The average molecular weight is 915 g/mol. The molecule has 6 nitrogen and oxygen atoms in total. The van der Waals surface area contributed by atoms with Crippen LogP contribution in [0.1, 0.15) is 16.7 Å². The summed E-state index contributed by atoms with van der Waals surface area (Å²) in [7, 11) is 0. The maximum absolute atomic E-state index is 6.66. The normalized spacial score (nSPS) is 11.6. The summed E-state index contributed by atoms with van der Waals surface area (Å²) in [5, 5.41) is 4.84. The number of pyridine rings is 3. The number of fused-ring (bicyclic) bond motifs is 12. The number of imidazole rings is 2. The Morgan fingerprint density at radius 1 is 0.579 bits per heavy atom. The summed E-state index contributed by atoms with van der Waals surface area (Å²) in [6.45, 7) is 6.44. The number of rotatable bonds is 5. The second-order valence-corrected chi connectivity index (χ2v) is 14.5. The molecule has 11 aromatic rings. The number of benzene rings is 6. The monoisotopic (exact) mass is 914 g/mol. The standard InChI is InChI=1S/C50H33N5O.Pt/c1-30-25-31(2)45(32(3)26-30)42-29-54-44-19-12-24-51-47(44)39-23-21-36(28-41(39)49(54)52-42)56-35-20-22-37-38-17-10-11-18-43(38)55-48(34-15-8-5-9-16-34)46(33-13-6-4-7-14-33)53-50(55)40(37)27-35;/h4-26,29H,1-3H3;/q-2;+2. The van der Waals surface area contributed by atoms with E-state index in [1.165, 1.54) is 16.7 Å². The molecule has 5 aromatic heterocycles. The van der Waals surface area contributed by atoms with Crippen LogP contribution in [0.5, 0.6) is 11.5 Å². The largest absolute Gasteiger partial charge is 2.00 e. The van der Waals surface area contributed by atoms with Crippen LogP contribution < -0.4 is 4.74 Å². The van der Waals surface area contributed by atoms with Gasteiger partial charge >= 0.3 is 21.1 Å². The topological polar surface area (TPSA) is 56.7 Å². The van der Waals surface area contributed by atoms with E-state index in [-0.39, 0.29) is 21.1 Å². The number of aryl methyl sites for hydroxylation is 3. The van der Waals surface area contributed by atoms with Gasteiger partial charge in [-0.05, 0) is 61.0 Å². The first-order valence-corrected chi connectivity index (χ1v) is 18.8. The minimum Gasteiger partial charge on any atom is -0.497 e. The molecule has 0 N–H and O–H groups in total. The smallest absolute Gasteiger partial charge is 0.497 e. The summed E-state index contributed by atoms with van der Waals surface area (Å²) in [5.41, 5.74) is 14.3. The molecule has 0 amide bonds. The number of aromatic nitrogens is 5. The van der Waals surface area contributed by atoms with Gasteiger partial charge in [0.1, 0.15) is 0 Å². The first-order chi connectivity index (χ1) is 27.5. The molecule has 0 radical (unpaired) electrons. The summed E-state index contributed by atoms with van der Waals surface area (Å²) in [4.78, 5) is 15.5. The van der Waals surface area contributed by atoms with Crippen molar-refractivity contribution < 1.29 is 25.8 Å². The van der Waals surface area contributed by atoms with Gasteiger partial charge in [-0.1, -0.05) is 142 Å². The molecule has 0 fully saturated rings. The number of ether oxygens (including phenoxy) is 1. The zero-order chi connectivity index (χ0) is 37.5. The van der Waals surface area contributed by atoms with E-state index in [1.54, 1.807) is 0 Å². The Morgan fingerprint density at radius 3 is 1.95 bits per heavy atom. The second kappa shape index (κ2) is 13.5. The molecular weight excluding hydrogens is 882 g/mol. The van der Waals surface area contributed by atoms with Crippen LogP contribution in [-0.4, -0.2) is 23.8 Å². The Morgan fingerprint density at radius 2 is 1.21 bits per heavy atom. The molecule has 0 unspecified atom stereocenters. The predicted molar refractivity (Wildman–Crippen MR) is 226 cm³/mol. The van der Waals surface area contributed by atoms with Crippen LogP contribution in [0, 0.1) is 32.9 Å². The maximum atomic E-state index is 6.66. The molecule has 0 aliphatic rings. The molecule has 0 bridgehead atoms. The van der Waals surface area contributed by atoms with Gasteiger partial charge in [0.2, 0.25) is 0 Å². The third kappa shape index (κ3) is 5.55. The van der Waals surface area contributed by atoms with E-state index in [1.807, 2.05) is 36.5 Å². The molecule has 0 spiro atoms. The van der Waals surface area contributed by atoms with E-state index < -0.39 is 0 Å². The predicted octanol–water partition coefficient (Wildman–Crippen LogP) is 12.3. The van der Waals surface area contributed by atoms with Gasteiger partial charge in [0, 0.05) is 40.5 Å². The molecule has 0 aliphatic carbocycles. The van der Waals surface area contributed by atoms with Crippen molar-refractivity contribution in [2.24, 2.45) is 0 Å². The van der Waals surface area contributed by atoms with Crippen LogP contribution >= 0.6 is 0 Å². The van der Waals surface area contributed by atoms with Gasteiger partial charge in [-0.3, -0.25) is 15.0 Å². The molecule has 6 aromatic carbocycles. The molecule has 274 valence electrons. The van der Waals surface area contributed by atoms with Gasteiger partial charge in [0.15, 0.2) is 0 Å². The van der Waals surface area contributed by atoms with Crippen LogP contribution in [0.25, 0.3) is 88.5 Å². The fraction of sp³-hybridized carbons (Fsp3) is 0.0600. The quantitative estimate of drug-likeness (QED) is 0.127. The van der Waals surface area contributed by atoms with Crippen molar-refractivity contribution in [3.8, 4) is 45.3 Å². The minimum absolute atomic E-state index is 0. The minimum atomic E-state index is 0. The maximum Gasteiger partial charge on any atom is 2.00 e. The van der Waals surface area contributed by atoms with Crippen LogP contribution in [0.4, 0.5) is 0 Å². The number of para-hydroxylation sites is 1. The molecule has 0 atom stereocenters. The fourth-order valence-electron chi connectivity index (χ4n) is 8.58. The van der Waals surface area contributed by atoms with Gasteiger partial charge in [-0.15, -0.1) is 12.1 Å². The third-order valence-electron chi connectivity index (χ3n) is 10.9. The van der Waals surface area contributed by atoms with Crippen molar-refractivity contribution in [2.75, 3.05) is 0 Å². The van der Waals surface area contributed by atoms with E-state index in [4.69, 9.17) is 19.7 Å². The summed E-state index contributed by atoms with van der Waals surface area (Å²) >= 11 is 0. The van der Waals surface area contributed by atoms with Gasteiger partial charge < -0.3 is 13.5 Å². The molecule has 5 heterocycles. The summed E-state index contributed by atoms with van der Waals surface area (Å²) in [5.74, 6) is 1.13. The van der Waals surface area contributed by atoms with Gasteiger partial charge in [-0.25, -0.2) is 0 Å². The zero-order valence-corrected chi connectivity index (χ0v) is 33.6. The molecule has 57 heavy (non-hydrogen) atoms.